The van der Waals surface area contributed by atoms with Crippen molar-refractivity contribution in [3.8, 4) is 0 Å². The lowest BCUT2D eigenvalue weighted by atomic mass is 10.1. The number of anilines is 1. The Balaban J connectivity index is 1.82. The van der Waals surface area contributed by atoms with Gasteiger partial charge in [0.25, 0.3) is 5.91 Å². The van der Waals surface area contributed by atoms with Gasteiger partial charge in [-0.2, -0.15) is 0 Å². The third kappa shape index (κ3) is 4.84. The highest BCUT2D eigenvalue weighted by Crippen LogP contribution is 2.14. The summed E-state index contributed by atoms with van der Waals surface area (Å²) in [6.45, 7) is 2.78. The lowest BCUT2D eigenvalue weighted by Gasteiger charge is -2.11. The zero-order valence-electron chi connectivity index (χ0n) is 14.1. The molecule has 2 aromatic carbocycles. The average molecular weight is 325 g/mol. The number of amides is 2. The Morgan fingerprint density at radius 2 is 1.71 bits per heavy atom. The van der Waals surface area contributed by atoms with Crippen LogP contribution in [0.25, 0.3) is 0 Å². The molecule has 0 unspecified atom stereocenters. The Morgan fingerprint density at radius 1 is 1.00 bits per heavy atom. The summed E-state index contributed by atoms with van der Waals surface area (Å²) >= 11 is 0. The third-order valence-electron chi connectivity index (χ3n) is 3.82. The van der Waals surface area contributed by atoms with Gasteiger partial charge >= 0.3 is 0 Å². The number of rotatable bonds is 7. The average Bonchev–Trinajstić information content (AvgIpc) is 2.61. The molecule has 5 nitrogen and oxygen atoms in total. The molecule has 0 spiro atoms. The van der Waals surface area contributed by atoms with Crippen molar-refractivity contribution in [1.29, 1.82) is 0 Å². The van der Waals surface area contributed by atoms with E-state index in [1.807, 2.05) is 18.2 Å². The van der Waals surface area contributed by atoms with Crippen LogP contribution in [0.5, 0.6) is 0 Å². The van der Waals surface area contributed by atoms with Gasteiger partial charge in [-0.3, -0.25) is 9.59 Å². The van der Waals surface area contributed by atoms with Gasteiger partial charge in [0.15, 0.2) is 0 Å². The largest absolute Gasteiger partial charge is 0.376 e. The molecule has 0 aromatic heterocycles. The van der Waals surface area contributed by atoms with Crippen molar-refractivity contribution < 1.29 is 9.59 Å². The maximum atomic E-state index is 12.0. The fraction of sp³-hybridized carbons (Fsp3) is 0.263. The van der Waals surface area contributed by atoms with Gasteiger partial charge in [-0.25, -0.2) is 0 Å². The van der Waals surface area contributed by atoms with E-state index in [9.17, 15) is 9.59 Å². The van der Waals surface area contributed by atoms with Gasteiger partial charge in [-0.05, 0) is 36.6 Å². The summed E-state index contributed by atoms with van der Waals surface area (Å²) < 4.78 is 0. The van der Waals surface area contributed by atoms with E-state index in [-0.39, 0.29) is 18.4 Å². The van der Waals surface area contributed by atoms with Gasteiger partial charge in [0, 0.05) is 19.3 Å². The summed E-state index contributed by atoms with van der Waals surface area (Å²) in [7, 11) is 1.58. The van der Waals surface area contributed by atoms with E-state index in [0.717, 1.165) is 6.42 Å². The van der Waals surface area contributed by atoms with Gasteiger partial charge < -0.3 is 16.0 Å². The lowest BCUT2D eigenvalue weighted by Crippen LogP contribution is -2.32. The monoisotopic (exact) mass is 325 g/mol. The predicted octanol–water partition coefficient (Wildman–Crippen LogP) is 2.13. The van der Waals surface area contributed by atoms with Crippen molar-refractivity contribution in [2.24, 2.45) is 0 Å². The van der Waals surface area contributed by atoms with E-state index in [0.29, 0.717) is 17.8 Å². The Labute approximate surface area is 142 Å². The van der Waals surface area contributed by atoms with Crippen LogP contribution in [0.3, 0.4) is 0 Å². The third-order valence-corrected chi connectivity index (χ3v) is 3.82. The van der Waals surface area contributed by atoms with E-state index >= 15 is 0 Å². The maximum Gasteiger partial charge on any atom is 0.253 e. The molecule has 2 amide bonds. The molecule has 0 aliphatic carbocycles. The quantitative estimate of drug-likeness (QED) is 0.730. The van der Waals surface area contributed by atoms with Crippen LogP contribution in [-0.4, -0.2) is 32.0 Å². The van der Waals surface area contributed by atoms with Crippen molar-refractivity contribution in [2.45, 2.75) is 13.3 Å². The van der Waals surface area contributed by atoms with Crippen LogP contribution in [0.15, 0.2) is 48.5 Å². The highest BCUT2D eigenvalue weighted by molar-refractivity contribution is 5.99. The first-order chi connectivity index (χ1) is 11.6. The number of nitrogens with one attached hydrogen (secondary N) is 3. The number of para-hydroxylation sites is 1. The standard InChI is InChI=1S/C19H23N3O2/c1-14-7-3-4-8-15(14)11-12-21-18(23)13-22-17-10-6-5-9-16(17)19(24)20-2/h3-10,22H,11-13H2,1-2H3,(H,20,24)(H,21,23). The first-order valence-electron chi connectivity index (χ1n) is 7.98. The number of hydrogen-bond acceptors (Lipinski definition) is 3. The molecular formula is C19H23N3O2. The first-order valence-corrected chi connectivity index (χ1v) is 7.98. The summed E-state index contributed by atoms with van der Waals surface area (Å²) in [6, 6.07) is 15.3. The molecule has 5 heteroatoms. The number of hydrogen-bond donors (Lipinski definition) is 3. The van der Waals surface area contributed by atoms with Crippen LogP contribution < -0.4 is 16.0 Å². The molecule has 24 heavy (non-hydrogen) atoms. The molecule has 0 heterocycles. The van der Waals surface area contributed by atoms with Crippen LogP contribution in [0.1, 0.15) is 21.5 Å². The Morgan fingerprint density at radius 3 is 2.46 bits per heavy atom. The Kier molecular flexibility index (Phi) is 6.37. The van der Waals surface area contributed by atoms with Crippen molar-refractivity contribution >= 4 is 17.5 Å². The zero-order chi connectivity index (χ0) is 17.4. The molecule has 0 saturated heterocycles. The summed E-state index contributed by atoms with van der Waals surface area (Å²) in [4.78, 5) is 23.8. The van der Waals surface area contributed by atoms with Crippen molar-refractivity contribution in [2.75, 3.05) is 25.5 Å². The zero-order valence-corrected chi connectivity index (χ0v) is 14.1. The Bertz CT molecular complexity index is 713. The van der Waals surface area contributed by atoms with Crippen LogP contribution in [0, 0.1) is 6.92 Å². The lowest BCUT2D eigenvalue weighted by molar-refractivity contribution is -0.119. The minimum atomic E-state index is -0.182. The number of aryl methyl sites for hydroxylation is 1. The number of carbonyl (C=O) groups excluding carboxylic acids is 2. The predicted molar refractivity (Wildman–Crippen MR) is 96.2 cm³/mol. The van der Waals surface area contributed by atoms with Gasteiger partial charge in [0.05, 0.1) is 12.1 Å². The van der Waals surface area contributed by atoms with Crippen LogP contribution in [0.4, 0.5) is 5.69 Å². The molecule has 0 aliphatic rings. The van der Waals surface area contributed by atoms with E-state index in [1.54, 1.807) is 25.2 Å². The molecule has 0 atom stereocenters. The molecule has 0 radical (unpaired) electrons. The van der Waals surface area contributed by atoms with Crippen molar-refractivity contribution in [1.82, 2.24) is 10.6 Å². The van der Waals surface area contributed by atoms with Gasteiger partial charge in [0.1, 0.15) is 0 Å². The number of carbonyl (C=O) groups is 2. The smallest absolute Gasteiger partial charge is 0.253 e. The van der Waals surface area contributed by atoms with E-state index in [1.165, 1.54) is 11.1 Å². The molecule has 0 aliphatic heterocycles. The molecule has 0 bridgehead atoms. The fourth-order valence-electron chi connectivity index (χ4n) is 2.44. The molecule has 2 rings (SSSR count). The molecule has 2 aromatic rings. The van der Waals surface area contributed by atoms with Crippen LogP contribution in [-0.2, 0) is 11.2 Å². The topological polar surface area (TPSA) is 70.2 Å². The molecule has 0 saturated carbocycles. The Hall–Kier alpha value is -2.82. The minimum absolute atomic E-state index is 0.102. The molecular weight excluding hydrogens is 302 g/mol. The second kappa shape index (κ2) is 8.72. The highest BCUT2D eigenvalue weighted by atomic mass is 16.2. The van der Waals surface area contributed by atoms with Crippen molar-refractivity contribution in [3.05, 3.63) is 65.2 Å². The molecule has 126 valence electrons. The van der Waals surface area contributed by atoms with Crippen LogP contribution in [0.2, 0.25) is 0 Å². The minimum Gasteiger partial charge on any atom is -0.376 e. The first kappa shape index (κ1) is 17.5. The fourth-order valence-corrected chi connectivity index (χ4v) is 2.44. The summed E-state index contributed by atoms with van der Waals surface area (Å²) in [5, 5.41) is 8.49. The molecule has 0 fully saturated rings. The normalized spacial score (nSPS) is 10.1. The van der Waals surface area contributed by atoms with E-state index < -0.39 is 0 Å². The highest BCUT2D eigenvalue weighted by Gasteiger charge is 2.10. The van der Waals surface area contributed by atoms with Gasteiger partial charge in [0.2, 0.25) is 5.91 Å². The number of benzene rings is 2. The second-order valence-corrected chi connectivity index (χ2v) is 5.50. The summed E-state index contributed by atoms with van der Waals surface area (Å²) in [5.74, 6) is -0.284. The maximum absolute atomic E-state index is 12.0. The van der Waals surface area contributed by atoms with Gasteiger partial charge in [-0.1, -0.05) is 36.4 Å². The van der Waals surface area contributed by atoms with E-state index in [2.05, 4.69) is 35.0 Å². The van der Waals surface area contributed by atoms with Crippen LogP contribution >= 0.6 is 0 Å². The summed E-state index contributed by atoms with van der Waals surface area (Å²) in [5.41, 5.74) is 3.62. The second-order valence-electron chi connectivity index (χ2n) is 5.50. The summed E-state index contributed by atoms with van der Waals surface area (Å²) in [6.07, 6.45) is 0.799. The SMILES string of the molecule is CNC(=O)c1ccccc1NCC(=O)NCCc1ccccc1C. The van der Waals surface area contributed by atoms with Crippen molar-refractivity contribution in [3.63, 3.8) is 0 Å². The molecule has 3 N–H and O–H groups in total. The van der Waals surface area contributed by atoms with Gasteiger partial charge in [-0.15, -0.1) is 0 Å². The van der Waals surface area contributed by atoms with E-state index in [4.69, 9.17) is 0 Å².